The van der Waals surface area contributed by atoms with E-state index in [9.17, 15) is 4.79 Å². The summed E-state index contributed by atoms with van der Waals surface area (Å²) in [6.45, 7) is 1.00. The number of rotatable bonds is 4. The lowest BCUT2D eigenvalue weighted by Crippen LogP contribution is -2.17. The molecule has 0 spiro atoms. The lowest BCUT2D eigenvalue weighted by atomic mass is 10.2. The molecule has 2 heterocycles. The van der Waals surface area contributed by atoms with Crippen molar-refractivity contribution in [2.45, 2.75) is 0 Å². The molecule has 0 saturated carbocycles. The number of benzene rings is 2. The van der Waals surface area contributed by atoms with Crippen LogP contribution < -0.4 is 20.1 Å². The van der Waals surface area contributed by atoms with Crippen molar-refractivity contribution in [3.8, 4) is 11.5 Å². The van der Waals surface area contributed by atoms with E-state index in [4.69, 9.17) is 21.1 Å². The number of carbonyl (C=O) groups is 1. The number of nitrogens with zero attached hydrogens (tertiary/aromatic N) is 2. The van der Waals surface area contributed by atoms with Crippen LogP contribution in [-0.4, -0.2) is 29.1 Å². The van der Waals surface area contributed by atoms with Gasteiger partial charge in [0.2, 0.25) is 0 Å². The molecule has 1 amide bonds. The summed E-state index contributed by atoms with van der Waals surface area (Å²) in [6.07, 6.45) is 2.89. The first-order valence-corrected chi connectivity index (χ1v) is 8.61. The monoisotopic (exact) mass is 382 g/mol. The number of anilines is 3. The van der Waals surface area contributed by atoms with Crippen molar-refractivity contribution in [3.05, 3.63) is 65.6 Å². The summed E-state index contributed by atoms with van der Waals surface area (Å²) in [6, 6.07) is 12.5. The van der Waals surface area contributed by atoms with Crippen molar-refractivity contribution in [2.75, 3.05) is 23.8 Å². The maximum atomic E-state index is 12.4. The largest absolute Gasteiger partial charge is 0.486 e. The highest BCUT2D eigenvalue weighted by molar-refractivity contribution is 6.30. The maximum absolute atomic E-state index is 12.4. The van der Waals surface area contributed by atoms with Crippen LogP contribution in [0.4, 0.5) is 17.2 Å². The second kappa shape index (κ2) is 7.51. The summed E-state index contributed by atoms with van der Waals surface area (Å²) in [5, 5.41) is 6.46. The van der Waals surface area contributed by atoms with Gasteiger partial charge in [0.05, 0.1) is 12.4 Å². The van der Waals surface area contributed by atoms with Crippen molar-refractivity contribution in [1.82, 2.24) is 9.97 Å². The van der Waals surface area contributed by atoms with E-state index < -0.39 is 0 Å². The number of nitrogens with one attached hydrogen (secondary N) is 2. The molecule has 2 aromatic carbocycles. The molecule has 0 radical (unpaired) electrons. The molecule has 1 aromatic heterocycles. The molecule has 0 fully saturated rings. The minimum atomic E-state index is -0.367. The number of fused-ring (bicyclic) bond motifs is 1. The number of hydrogen-bond acceptors (Lipinski definition) is 6. The number of carbonyl (C=O) groups excluding carboxylic acids is 1. The predicted molar refractivity (Wildman–Crippen MR) is 102 cm³/mol. The van der Waals surface area contributed by atoms with Crippen LogP contribution in [0.3, 0.4) is 0 Å². The van der Waals surface area contributed by atoms with E-state index in [-0.39, 0.29) is 11.6 Å². The Hall–Kier alpha value is -3.32. The normalized spacial score (nSPS) is 12.3. The van der Waals surface area contributed by atoms with Gasteiger partial charge in [-0.3, -0.25) is 4.79 Å². The molecule has 0 saturated heterocycles. The SMILES string of the molecule is O=C(Nc1ccc2c(c1)OCCO2)c1cnc(Nc2cccc(Cl)c2)cn1. The molecule has 4 rings (SSSR count). The first kappa shape index (κ1) is 17.1. The Morgan fingerprint density at radius 2 is 1.81 bits per heavy atom. The number of halogens is 1. The standard InChI is InChI=1S/C19H15ClN4O3/c20-12-2-1-3-13(8-12)23-18-11-21-15(10-22-18)19(25)24-14-4-5-16-17(9-14)27-7-6-26-16/h1-5,8-11H,6-7H2,(H,22,23)(H,24,25). The van der Waals surface area contributed by atoms with Crippen LogP contribution in [0.5, 0.6) is 11.5 Å². The van der Waals surface area contributed by atoms with Crippen LogP contribution in [0.1, 0.15) is 10.5 Å². The Kier molecular flexibility index (Phi) is 4.76. The topological polar surface area (TPSA) is 85.4 Å². The highest BCUT2D eigenvalue weighted by atomic mass is 35.5. The van der Waals surface area contributed by atoms with Gasteiger partial charge < -0.3 is 20.1 Å². The molecule has 3 aromatic rings. The first-order valence-electron chi connectivity index (χ1n) is 8.23. The fourth-order valence-electron chi connectivity index (χ4n) is 2.54. The van der Waals surface area contributed by atoms with Crippen molar-refractivity contribution in [1.29, 1.82) is 0 Å². The minimum Gasteiger partial charge on any atom is -0.486 e. The van der Waals surface area contributed by atoms with Gasteiger partial charge in [0.25, 0.3) is 5.91 Å². The van der Waals surface area contributed by atoms with Gasteiger partial charge in [-0.15, -0.1) is 0 Å². The molecule has 7 nitrogen and oxygen atoms in total. The molecule has 1 aliphatic heterocycles. The second-order valence-corrected chi connectivity index (χ2v) is 6.17. The Balaban J connectivity index is 1.43. The molecule has 0 bridgehead atoms. The number of hydrogen-bond donors (Lipinski definition) is 2. The van der Waals surface area contributed by atoms with Gasteiger partial charge >= 0.3 is 0 Å². The molecule has 1 aliphatic rings. The molecule has 136 valence electrons. The summed E-state index contributed by atoms with van der Waals surface area (Å²) < 4.78 is 11.0. The predicted octanol–water partition coefficient (Wildman–Crippen LogP) is 3.90. The van der Waals surface area contributed by atoms with E-state index in [1.165, 1.54) is 12.4 Å². The van der Waals surface area contributed by atoms with Crippen LogP contribution >= 0.6 is 11.6 Å². The Morgan fingerprint density at radius 1 is 0.963 bits per heavy atom. The Labute approximate surface area is 160 Å². The van der Waals surface area contributed by atoms with Crippen molar-refractivity contribution in [2.24, 2.45) is 0 Å². The average molecular weight is 383 g/mol. The average Bonchev–Trinajstić information content (AvgIpc) is 2.68. The highest BCUT2D eigenvalue weighted by Gasteiger charge is 2.14. The molecule has 2 N–H and O–H groups in total. The number of ether oxygens (including phenoxy) is 2. The van der Waals surface area contributed by atoms with Crippen molar-refractivity contribution in [3.63, 3.8) is 0 Å². The second-order valence-electron chi connectivity index (χ2n) is 5.73. The zero-order valence-electron chi connectivity index (χ0n) is 14.1. The minimum absolute atomic E-state index is 0.196. The maximum Gasteiger partial charge on any atom is 0.275 e. The summed E-state index contributed by atoms with van der Waals surface area (Å²) in [7, 11) is 0. The molecular formula is C19H15ClN4O3. The Morgan fingerprint density at radius 3 is 2.59 bits per heavy atom. The van der Waals surface area contributed by atoms with E-state index in [0.29, 0.717) is 41.2 Å². The fourth-order valence-corrected chi connectivity index (χ4v) is 2.73. The van der Waals surface area contributed by atoms with E-state index >= 15 is 0 Å². The van der Waals surface area contributed by atoms with Gasteiger partial charge in [-0.1, -0.05) is 17.7 Å². The van der Waals surface area contributed by atoms with Gasteiger partial charge in [-0.2, -0.15) is 0 Å². The Bertz CT molecular complexity index is 979. The molecule has 0 atom stereocenters. The van der Waals surface area contributed by atoms with Crippen LogP contribution in [0.2, 0.25) is 5.02 Å². The van der Waals surface area contributed by atoms with E-state index in [1.54, 1.807) is 30.3 Å². The van der Waals surface area contributed by atoms with Crippen LogP contribution in [0.15, 0.2) is 54.9 Å². The summed E-state index contributed by atoms with van der Waals surface area (Å²) in [5.74, 6) is 1.41. The smallest absolute Gasteiger partial charge is 0.275 e. The van der Waals surface area contributed by atoms with Gasteiger partial charge in [-0.25, -0.2) is 9.97 Å². The summed E-state index contributed by atoms with van der Waals surface area (Å²) >= 11 is 5.95. The lowest BCUT2D eigenvalue weighted by Gasteiger charge is -2.18. The van der Waals surface area contributed by atoms with Gasteiger partial charge in [0.15, 0.2) is 11.5 Å². The van der Waals surface area contributed by atoms with Gasteiger partial charge in [-0.05, 0) is 30.3 Å². The zero-order valence-corrected chi connectivity index (χ0v) is 14.9. The van der Waals surface area contributed by atoms with Crippen LogP contribution in [0.25, 0.3) is 0 Å². The van der Waals surface area contributed by atoms with E-state index in [2.05, 4.69) is 20.6 Å². The number of aromatic nitrogens is 2. The quantitative estimate of drug-likeness (QED) is 0.711. The molecular weight excluding hydrogens is 368 g/mol. The van der Waals surface area contributed by atoms with Crippen molar-refractivity contribution < 1.29 is 14.3 Å². The highest BCUT2D eigenvalue weighted by Crippen LogP contribution is 2.32. The zero-order chi connectivity index (χ0) is 18.6. The van der Waals surface area contributed by atoms with E-state index in [1.807, 2.05) is 12.1 Å². The molecule has 27 heavy (non-hydrogen) atoms. The fraction of sp³-hybridized carbons (Fsp3) is 0.105. The first-order chi connectivity index (χ1) is 13.2. The third-order valence-electron chi connectivity index (χ3n) is 3.78. The van der Waals surface area contributed by atoms with Gasteiger partial charge in [0.1, 0.15) is 24.7 Å². The third-order valence-corrected chi connectivity index (χ3v) is 4.02. The lowest BCUT2D eigenvalue weighted by molar-refractivity contribution is 0.102. The van der Waals surface area contributed by atoms with Crippen molar-refractivity contribution >= 4 is 34.7 Å². The molecule has 0 unspecified atom stereocenters. The van der Waals surface area contributed by atoms with Gasteiger partial charge in [0, 0.05) is 22.5 Å². The van der Waals surface area contributed by atoms with E-state index in [0.717, 1.165) is 5.69 Å². The summed E-state index contributed by atoms with van der Waals surface area (Å²) in [5.41, 5.74) is 1.57. The van der Waals surface area contributed by atoms with Crippen LogP contribution in [-0.2, 0) is 0 Å². The molecule has 8 heteroatoms. The third kappa shape index (κ3) is 4.09. The summed E-state index contributed by atoms with van der Waals surface area (Å²) in [4.78, 5) is 20.7. The van der Waals surface area contributed by atoms with Crippen LogP contribution in [0, 0.1) is 0 Å². The molecule has 0 aliphatic carbocycles. The number of amides is 1.